The number of hydrogen-bond donors (Lipinski definition) is 0. The molecule has 0 fully saturated rings. The number of para-hydroxylation sites is 1. The molecule has 1 heterocycles. The lowest BCUT2D eigenvalue weighted by molar-refractivity contribution is 0.267. The van der Waals surface area contributed by atoms with E-state index in [1.54, 1.807) is 0 Å². The molecule has 0 unspecified atom stereocenters. The van der Waals surface area contributed by atoms with Gasteiger partial charge in [-0.2, -0.15) is 5.10 Å². The SMILES string of the molecule is CCOc1cccc(CCl)c1OCc1cnn(CC)c1. The van der Waals surface area contributed by atoms with Gasteiger partial charge in [0, 0.05) is 23.9 Å². The molecule has 0 aliphatic heterocycles. The van der Waals surface area contributed by atoms with E-state index in [1.165, 1.54) is 0 Å². The van der Waals surface area contributed by atoms with Crippen LogP contribution in [0.3, 0.4) is 0 Å². The molecule has 0 N–H and O–H groups in total. The Morgan fingerprint density at radius 1 is 1.25 bits per heavy atom. The number of ether oxygens (including phenoxy) is 2. The van der Waals surface area contributed by atoms with E-state index in [4.69, 9.17) is 21.1 Å². The van der Waals surface area contributed by atoms with Crippen molar-refractivity contribution in [1.82, 2.24) is 9.78 Å². The van der Waals surface area contributed by atoms with Crippen LogP contribution in [-0.4, -0.2) is 16.4 Å². The van der Waals surface area contributed by atoms with Crippen molar-refractivity contribution in [2.24, 2.45) is 0 Å². The first-order valence-corrected chi connectivity index (χ1v) is 7.26. The molecule has 0 amide bonds. The van der Waals surface area contributed by atoms with Crippen LogP contribution in [0.5, 0.6) is 11.5 Å². The number of benzene rings is 1. The molecule has 0 radical (unpaired) electrons. The Morgan fingerprint density at radius 3 is 2.75 bits per heavy atom. The third kappa shape index (κ3) is 3.45. The minimum Gasteiger partial charge on any atom is -0.490 e. The molecule has 2 aromatic rings. The standard InChI is InChI=1S/C15H19ClN2O2/c1-3-18-10-12(9-17-18)11-20-15-13(8-16)6-5-7-14(15)19-4-2/h5-7,9-10H,3-4,8,11H2,1-2H3. The molecule has 4 nitrogen and oxygen atoms in total. The molecule has 108 valence electrons. The molecule has 0 aliphatic carbocycles. The topological polar surface area (TPSA) is 36.3 Å². The van der Waals surface area contributed by atoms with Gasteiger partial charge in [-0.1, -0.05) is 12.1 Å². The van der Waals surface area contributed by atoms with Gasteiger partial charge < -0.3 is 9.47 Å². The minimum atomic E-state index is 0.393. The molecule has 5 heteroatoms. The van der Waals surface area contributed by atoms with Gasteiger partial charge in [-0.15, -0.1) is 11.6 Å². The van der Waals surface area contributed by atoms with E-state index in [0.29, 0.717) is 24.8 Å². The molecule has 0 atom stereocenters. The van der Waals surface area contributed by atoms with Crippen LogP contribution in [0.25, 0.3) is 0 Å². The smallest absolute Gasteiger partial charge is 0.166 e. The average molecular weight is 295 g/mol. The van der Waals surface area contributed by atoms with E-state index < -0.39 is 0 Å². The highest BCUT2D eigenvalue weighted by atomic mass is 35.5. The summed E-state index contributed by atoms with van der Waals surface area (Å²) < 4.78 is 13.4. The van der Waals surface area contributed by atoms with Gasteiger partial charge in [0.05, 0.1) is 18.7 Å². The highest BCUT2D eigenvalue weighted by Crippen LogP contribution is 2.33. The molecule has 2 rings (SSSR count). The zero-order valence-electron chi connectivity index (χ0n) is 11.8. The van der Waals surface area contributed by atoms with Crippen molar-refractivity contribution in [3.05, 3.63) is 41.7 Å². The van der Waals surface area contributed by atoms with Crippen LogP contribution >= 0.6 is 11.6 Å². The van der Waals surface area contributed by atoms with Gasteiger partial charge in [0.25, 0.3) is 0 Å². The van der Waals surface area contributed by atoms with Gasteiger partial charge in [0.15, 0.2) is 11.5 Å². The number of aromatic nitrogens is 2. The van der Waals surface area contributed by atoms with E-state index in [2.05, 4.69) is 5.10 Å². The summed E-state index contributed by atoms with van der Waals surface area (Å²) in [5.74, 6) is 1.84. The van der Waals surface area contributed by atoms with Crippen molar-refractivity contribution in [3.8, 4) is 11.5 Å². The maximum absolute atomic E-state index is 5.96. The van der Waals surface area contributed by atoms with Gasteiger partial charge in [0.1, 0.15) is 6.61 Å². The molecule has 1 aromatic carbocycles. The average Bonchev–Trinajstić information content (AvgIpc) is 2.94. The lowest BCUT2D eigenvalue weighted by atomic mass is 10.2. The van der Waals surface area contributed by atoms with Crippen molar-refractivity contribution in [3.63, 3.8) is 0 Å². The third-order valence-electron chi connectivity index (χ3n) is 2.90. The number of halogens is 1. The molecule has 0 bridgehead atoms. The second-order valence-corrected chi connectivity index (χ2v) is 4.57. The summed E-state index contributed by atoms with van der Waals surface area (Å²) in [7, 11) is 0. The van der Waals surface area contributed by atoms with Crippen LogP contribution < -0.4 is 9.47 Å². The predicted molar refractivity (Wildman–Crippen MR) is 79.4 cm³/mol. The fraction of sp³-hybridized carbons (Fsp3) is 0.400. The monoisotopic (exact) mass is 294 g/mol. The molecular weight excluding hydrogens is 276 g/mol. The van der Waals surface area contributed by atoms with Gasteiger partial charge in [-0.3, -0.25) is 4.68 Å². The summed E-state index contributed by atoms with van der Waals surface area (Å²) in [6.45, 7) is 5.89. The first-order valence-electron chi connectivity index (χ1n) is 6.73. The van der Waals surface area contributed by atoms with Gasteiger partial charge in [-0.25, -0.2) is 0 Å². The first-order chi connectivity index (χ1) is 9.78. The van der Waals surface area contributed by atoms with Crippen LogP contribution in [0.15, 0.2) is 30.6 Å². The van der Waals surface area contributed by atoms with Crippen LogP contribution in [0, 0.1) is 0 Å². The van der Waals surface area contributed by atoms with Gasteiger partial charge in [-0.05, 0) is 19.9 Å². The van der Waals surface area contributed by atoms with Crippen molar-refractivity contribution in [2.75, 3.05) is 6.61 Å². The van der Waals surface area contributed by atoms with Crippen molar-refractivity contribution >= 4 is 11.6 Å². The predicted octanol–water partition coefficient (Wildman–Crippen LogP) is 3.62. The summed E-state index contributed by atoms with van der Waals surface area (Å²) in [6, 6.07) is 5.76. The lowest BCUT2D eigenvalue weighted by Crippen LogP contribution is -2.01. The number of alkyl halides is 1. The number of nitrogens with zero attached hydrogens (tertiary/aromatic N) is 2. The molecule has 0 spiro atoms. The largest absolute Gasteiger partial charge is 0.490 e. The quantitative estimate of drug-likeness (QED) is 0.732. The zero-order valence-corrected chi connectivity index (χ0v) is 12.6. The third-order valence-corrected chi connectivity index (χ3v) is 3.19. The Bertz CT molecular complexity index is 555. The molecule has 0 saturated heterocycles. The van der Waals surface area contributed by atoms with Gasteiger partial charge >= 0.3 is 0 Å². The molecular formula is C15H19ClN2O2. The minimum absolute atomic E-state index is 0.393. The number of rotatable bonds is 7. The van der Waals surface area contributed by atoms with Crippen molar-refractivity contribution < 1.29 is 9.47 Å². The summed E-state index contributed by atoms with van der Waals surface area (Å²) in [5, 5.41) is 4.23. The second-order valence-electron chi connectivity index (χ2n) is 4.30. The maximum Gasteiger partial charge on any atom is 0.166 e. The van der Waals surface area contributed by atoms with E-state index in [1.807, 2.05) is 49.1 Å². The zero-order chi connectivity index (χ0) is 14.4. The van der Waals surface area contributed by atoms with Gasteiger partial charge in [0.2, 0.25) is 0 Å². The van der Waals surface area contributed by atoms with E-state index in [0.717, 1.165) is 23.4 Å². The van der Waals surface area contributed by atoms with Crippen molar-refractivity contribution in [2.45, 2.75) is 32.9 Å². The summed E-state index contributed by atoms with van der Waals surface area (Å²) in [5.41, 5.74) is 1.96. The summed E-state index contributed by atoms with van der Waals surface area (Å²) >= 11 is 5.96. The second kappa shape index (κ2) is 7.20. The Morgan fingerprint density at radius 2 is 2.10 bits per heavy atom. The highest BCUT2D eigenvalue weighted by molar-refractivity contribution is 6.17. The fourth-order valence-electron chi connectivity index (χ4n) is 1.91. The lowest BCUT2D eigenvalue weighted by Gasteiger charge is -2.14. The molecule has 1 aromatic heterocycles. The first kappa shape index (κ1) is 14.7. The number of aryl methyl sites for hydroxylation is 1. The summed E-state index contributed by atoms with van der Waals surface area (Å²) in [4.78, 5) is 0. The van der Waals surface area contributed by atoms with Crippen LogP contribution in [0.4, 0.5) is 0 Å². The molecule has 0 aliphatic rings. The normalized spacial score (nSPS) is 10.6. The van der Waals surface area contributed by atoms with Crippen molar-refractivity contribution in [1.29, 1.82) is 0 Å². The Labute approximate surface area is 124 Å². The van der Waals surface area contributed by atoms with E-state index in [9.17, 15) is 0 Å². The van der Waals surface area contributed by atoms with Crippen LogP contribution in [0.1, 0.15) is 25.0 Å². The van der Waals surface area contributed by atoms with Crippen LogP contribution in [0.2, 0.25) is 0 Å². The Balaban J connectivity index is 2.14. The molecule has 0 saturated carbocycles. The Hall–Kier alpha value is -1.68. The highest BCUT2D eigenvalue weighted by Gasteiger charge is 2.11. The fourth-order valence-corrected chi connectivity index (χ4v) is 2.12. The van der Waals surface area contributed by atoms with E-state index >= 15 is 0 Å². The summed E-state index contributed by atoms with van der Waals surface area (Å²) in [6.07, 6.45) is 3.79. The Kier molecular flexibility index (Phi) is 5.30. The molecule has 20 heavy (non-hydrogen) atoms. The van der Waals surface area contributed by atoms with Crippen LogP contribution in [-0.2, 0) is 19.0 Å². The maximum atomic E-state index is 5.96. The number of hydrogen-bond acceptors (Lipinski definition) is 3. The van der Waals surface area contributed by atoms with E-state index in [-0.39, 0.29) is 0 Å².